The van der Waals surface area contributed by atoms with Crippen molar-refractivity contribution in [2.75, 3.05) is 0 Å². The Morgan fingerprint density at radius 2 is 2.00 bits per heavy atom. The molecule has 110 valence electrons. The second-order valence-electron chi connectivity index (χ2n) is 5.71. The molecule has 0 amide bonds. The molecule has 0 unspecified atom stereocenters. The van der Waals surface area contributed by atoms with Gasteiger partial charge in [0.05, 0.1) is 6.10 Å². The van der Waals surface area contributed by atoms with E-state index < -0.39 is 11.9 Å². The van der Waals surface area contributed by atoms with E-state index in [1.165, 1.54) is 0 Å². The van der Waals surface area contributed by atoms with Gasteiger partial charge in [0, 0.05) is 0 Å². The summed E-state index contributed by atoms with van der Waals surface area (Å²) in [4.78, 5) is 0. The lowest BCUT2D eigenvalue weighted by Crippen LogP contribution is -2.29. The topological polar surface area (TPSA) is 38.7 Å². The first-order valence-corrected chi connectivity index (χ1v) is 7.23. The molecule has 0 bridgehead atoms. The number of ether oxygens (including phenoxy) is 2. The lowest BCUT2D eigenvalue weighted by atomic mass is 9.97. The molecule has 1 fully saturated rings. The Morgan fingerprint density at radius 3 is 2.65 bits per heavy atom. The van der Waals surface area contributed by atoms with Crippen molar-refractivity contribution in [3.05, 3.63) is 48.6 Å². The summed E-state index contributed by atoms with van der Waals surface area (Å²) in [6.07, 6.45) is 3.65. The fraction of sp³-hybridized carbons (Fsp3) is 0.529. The van der Waals surface area contributed by atoms with Gasteiger partial charge in [0.2, 0.25) is 0 Å². The molecule has 0 aliphatic carbocycles. The van der Waals surface area contributed by atoms with E-state index >= 15 is 0 Å². The second kappa shape index (κ2) is 6.53. The normalized spacial score (nSPS) is 26.4. The SMILES string of the molecule is C=CCCC[C@H]1OC(C)(C)O[C@@H]1[C@H](O)c1ccccc1. The van der Waals surface area contributed by atoms with Gasteiger partial charge in [-0.3, -0.25) is 0 Å². The van der Waals surface area contributed by atoms with Crippen LogP contribution in [0.2, 0.25) is 0 Å². The minimum Gasteiger partial charge on any atom is -0.386 e. The average molecular weight is 276 g/mol. The molecule has 20 heavy (non-hydrogen) atoms. The first-order valence-electron chi connectivity index (χ1n) is 7.23. The van der Waals surface area contributed by atoms with Crippen molar-refractivity contribution in [2.45, 2.75) is 57.2 Å². The highest BCUT2D eigenvalue weighted by molar-refractivity contribution is 5.19. The van der Waals surface area contributed by atoms with Gasteiger partial charge in [0.15, 0.2) is 5.79 Å². The molecule has 1 N–H and O–H groups in total. The van der Waals surface area contributed by atoms with Crippen molar-refractivity contribution in [3.63, 3.8) is 0 Å². The van der Waals surface area contributed by atoms with Gasteiger partial charge in [-0.1, -0.05) is 36.4 Å². The molecule has 0 saturated carbocycles. The van der Waals surface area contributed by atoms with E-state index in [1.807, 2.05) is 50.3 Å². The number of hydrogen-bond acceptors (Lipinski definition) is 3. The van der Waals surface area contributed by atoms with E-state index in [2.05, 4.69) is 6.58 Å². The van der Waals surface area contributed by atoms with E-state index in [-0.39, 0.29) is 12.2 Å². The predicted molar refractivity (Wildman–Crippen MR) is 79.3 cm³/mol. The quantitative estimate of drug-likeness (QED) is 0.637. The number of benzene rings is 1. The number of unbranched alkanes of at least 4 members (excludes halogenated alkanes) is 1. The van der Waals surface area contributed by atoms with Crippen molar-refractivity contribution < 1.29 is 14.6 Å². The van der Waals surface area contributed by atoms with Crippen LogP contribution in [-0.2, 0) is 9.47 Å². The van der Waals surface area contributed by atoms with Gasteiger partial charge in [0.1, 0.15) is 12.2 Å². The molecule has 0 spiro atoms. The molecular weight excluding hydrogens is 252 g/mol. The van der Waals surface area contributed by atoms with Gasteiger partial charge in [-0.05, 0) is 38.7 Å². The van der Waals surface area contributed by atoms with E-state index in [9.17, 15) is 5.11 Å². The average Bonchev–Trinajstić information content (AvgIpc) is 2.74. The van der Waals surface area contributed by atoms with E-state index in [1.54, 1.807) is 0 Å². The molecule has 1 aliphatic heterocycles. The third kappa shape index (κ3) is 3.69. The van der Waals surface area contributed by atoms with Crippen LogP contribution in [0.4, 0.5) is 0 Å². The van der Waals surface area contributed by atoms with Crippen LogP contribution in [0, 0.1) is 0 Å². The highest BCUT2D eigenvalue weighted by atomic mass is 16.8. The first kappa shape index (κ1) is 15.2. The van der Waals surface area contributed by atoms with Crippen LogP contribution in [0.1, 0.15) is 44.8 Å². The number of rotatable bonds is 6. The monoisotopic (exact) mass is 276 g/mol. The van der Waals surface area contributed by atoms with E-state index in [0.717, 1.165) is 24.8 Å². The summed E-state index contributed by atoms with van der Waals surface area (Å²) in [6.45, 7) is 7.52. The summed E-state index contributed by atoms with van der Waals surface area (Å²) in [7, 11) is 0. The summed E-state index contributed by atoms with van der Waals surface area (Å²) in [5.41, 5.74) is 0.868. The molecule has 1 aliphatic rings. The smallest absolute Gasteiger partial charge is 0.163 e. The Kier molecular flexibility index (Phi) is 4.97. The van der Waals surface area contributed by atoms with Crippen molar-refractivity contribution >= 4 is 0 Å². The van der Waals surface area contributed by atoms with Crippen LogP contribution in [0.5, 0.6) is 0 Å². The molecule has 1 aromatic rings. The lowest BCUT2D eigenvalue weighted by Gasteiger charge is -2.22. The van der Waals surface area contributed by atoms with Crippen molar-refractivity contribution in [1.29, 1.82) is 0 Å². The van der Waals surface area contributed by atoms with Gasteiger partial charge in [0.25, 0.3) is 0 Å². The third-order valence-corrected chi connectivity index (χ3v) is 3.57. The van der Waals surface area contributed by atoms with Crippen LogP contribution < -0.4 is 0 Å². The molecule has 0 aromatic heterocycles. The maximum Gasteiger partial charge on any atom is 0.163 e. The van der Waals surface area contributed by atoms with Gasteiger partial charge in [-0.25, -0.2) is 0 Å². The number of allylic oxidation sites excluding steroid dienone is 1. The fourth-order valence-corrected chi connectivity index (χ4v) is 2.66. The van der Waals surface area contributed by atoms with Crippen LogP contribution in [0.25, 0.3) is 0 Å². The van der Waals surface area contributed by atoms with Crippen molar-refractivity contribution in [3.8, 4) is 0 Å². The predicted octanol–water partition coefficient (Wildman–Crippen LogP) is 3.60. The zero-order chi connectivity index (χ0) is 14.6. The van der Waals surface area contributed by atoms with Gasteiger partial charge < -0.3 is 14.6 Å². The highest BCUT2D eigenvalue weighted by Crippen LogP contribution is 2.37. The minimum absolute atomic E-state index is 0.0832. The summed E-state index contributed by atoms with van der Waals surface area (Å²) in [6, 6.07) is 9.62. The molecule has 0 radical (unpaired) electrons. The maximum atomic E-state index is 10.6. The number of aliphatic hydroxyl groups excluding tert-OH is 1. The third-order valence-electron chi connectivity index (χ3n) is 3.57. The Morgan fingerprint density at radius 1 is 1.30 bits per heavy atom. The summed E-state index contributed by atoms with van der Waals surface area (Å²) >= 11 is 0. The second-order valence-corrected chi connectivity index (χ2v) is 5.71. The molecule has 3 nitrogen and oxygen atoms in total. The lowest BCUT2D eigenvalue weighted by molar-refractivity contribution is -0.155. The molecule has 2 rings (SSSR count). The van der Waals surface area contributed by atoms with Gasteiger partial charge >= 0.3 is 0 Å². The van der Waals surface area contributed by atoms with Crippen LogP contribution in [-0.4, -0.2) is 23.1 Å². The van der Waals surface area contributed by atoms with Gasteiger partial charge in [-0.15, -0.1) is 6.58 Å². The first-order chi connectivity index (χ1) is 9.53. The molecule has 1 heterocycles. The zero-order valence-electron chi connectivity index (χ0n) is 12.3. The van der Waals surface area contributed by atoms with Gasteiger partial charge in [-0.2, -0.15) is 0 Å². The largest absolute Gasteiger partial charge is 0.386 e. The number of hydrogen-bond donors (Lipinski definition) is 1. The van der Waals surface area contributed by atoms with Crippen LogP contribution >= 0.6 is 0 Å². The Labute approximate surface area is 121 Å². The zero-order valence-corrected chi connectivity index (χ0v) is 12.3. The molecule has 3 atom stereocenters. The minimum atomic E-state index is -0.660. The Balaban J connectivity index is 2.08. The summed E-state index contributed by atoms with van der Waals surface area (Å²) in [5, 5.41) is 10.6. The van der Waals surface area contributed by atoms with Crippen LogP contribution in [0.15, 0.2) is 43.0 Å². The molecule has 1 aromatic carbocycles. The highest BCUT2D eigenvalue weighted by Gasteiger charge is 2.44. The Hall–Kier alpha value is -1.16. The van der Waals surface area contributed by atoms with E-state index in [0.29, 0.717) is 0 Å². The maximum absolute atomic E-state index is 10.6. The molecule has 3 heteroatoms. The summed E-state index contributed by atoms with van der Waals surface area (Å²) < 4.78 is 11.8. The van der Waals surface area contributed by atoms with E-state index in [4.69, 9.17) is 9.47 Å². The molecule has 1 saturated heterocycles. The standard InChI is InChI=1S/C17H24O3/c1-4-5-7-12-14-16(20-17(2,3)19-14)15(18)13-10-8-6-9-11-13/h4,6,8-11,14-16,18H,1,5,7,12H2,2-3H3/t14-,15-,16+/m1/s1. The fourth-order valence-electron chi connectivity index (χ4n) is 2.66. The van der Waals surface area contributed by atoms with Crippen LogP contribution in [0.3, 0.4) is 0 Å². The Bertz CT molecular complexity index is 427. The molecular formula is C17H24O3. The van der Waals surface area contributed by atoms with Crippen molar-refractivity contribution in [1.82, 2.24) is 0 Å². The summed E-state index contributed by atoms with van der Waals surface area (Å²) in [5.74, 6) is -0.640. The van der Waals surface area contributed by atoms with Crippen molar-refractivity contribution in [2.24, 2.45) is 0 Å². The number of aliphatic hydroxyl groups is 1.